The number of nitro benzene ring substituents is 1. The molecule has 0 atom stereocenters. The van der Waals surface area contributed by atoms with Crippen LogP contribution in [0.3, 0.4) is 0 Å². The Bertz CT molecular complexity index is 1270. The smallest absolute Gasteiger partial charge is 0.363 e. The van der Waals surface area contributed by atoms with Crippen molar-refractivity contribution in [1.82, 2.24) is 0 Å². The van der Waals surface area contributed by atoms with Gasteiger partial charge in [0.2, 0.25) is 5.90 Å². The zero-order chi connectivity index (χ0) is 23.4. The minimum absolute atomic E-state index is 0.0550. The number of carbonyl (C=O) groups is 1. The van der Waals surface area contributed by atoms with Crippen molar-refractivity contribution in [3.63, 3.8) is 0 Å². The second-order valence-electron chi connectivity index (χ2n) is 6.95. The van der Waals surface area contributed by atoms with Gasteiger partial charge in [-0.15, -0.1) is 0 Å². The SMILES string of the molecule is COc1cc(/C=C2\N=C(c3ccc([N+](=O)[O-])cc3)OC2=O)cc(Cl)c1OCc1ccccc1. The highest BCUT2D eigenvalue weighted by Crippen LogP contribution is 2.38. The molecule has 0 fully saturated rings. The van der Waals surface area contributed by atoms with Crippen molar-refractivity contribution in [2.45, 2.75) is 6.61 Å². The molecule has 0 aliphatic carbocycles. The van der Waals surface area contributed by atoms with Gasteiger partial charge in [-0.1, -0.05) is 41.9 Å². The fourth-order valence-electron chi connectivity index (χ4n) is 3.11. The highest BCUT2D eigenvalue weighted by Gasteiger charge is 2.25. The molecule has 33 heavy (non-hydrogen) atoms. The van der Waals surface area contributed by atoms with Crippen LogP contribution < -0.4 is 9.47 Å². The van der Waals surface area contributed by atoms with E-state index >= 15 is 0 Å². The first kappa shape index (κ1) is 22.0. The molecule has 1 aliphatic rings. The van der Waals surface area contributed by atoms with Crippen molar-refractivity contribution >= 4 is 35.2 Å². The van der Waals surface area contributed by atoms with E-state index in [-0.39, 0.29) is 17.3 Å². The van der Waals surface area contributed by atoms with Crippen LogP contribution in [0.1, 0.15) is 16.7 Å². The normalized spacial score (nSPS) is 14.1. The summed E-state index contributed by atoms with van der Waals surface area (Å²) in [5.74, 6) is 0.190. The Kier molecular flexibility index (Phi) is 6.37. The molecule has 1 heterocycles. The van der Waals surface area contributed by atoms with Gasteiger partial charge in [0, 0.05) is 17.7 Å². The number of cyclic esters (lactones) is 1. The summed E-state index contributed by atoms with van der Waals surface area (Å²) in [6.45, 7) is 0.312. The van der Waals surface area contributed by atoms with E-state index in [1.165, 1.54) is 37.5 Å². The van der Waals surface area contributed by atoms with Gasteiger partial charge in [0.25, 0.3) is 5.69 Å². The van der Waals surface area contributed by atoms with Crippen LogP contribution in [-0.2, 0) is 16.1 Å². The summed E-state index contributed by atoms with van der Waals surface area (Å²) in [6.07, 6.45) is 1.51. The van der Waals surface area contributed by atoms with E-state index in [4.69, 9.17) is 25.8 Å². The average molecular weight is 465 g/mol. The Morgan fingerprint density at radius 2 is 1.85 bits per heavy atom. The molecule has 0 saturated heterocycles. The van der Waals surface area contributed by atoms with Crippen LogP contribution in [0.4, 0.5) is 5.69 Å². The van der Waals surface area contributed by atoms with E-state index in [1.54, 1.807) is 12.1 Å². The lowest BCUT2D eigenvalue weighted by Crippen LogP contribution is -2.05. The number of esters is 1. The summed E-state index contributed by atoms with van der Waals surface area (Å²) >= 11 is 6.43. The van der Waals surface area contributed by atoms with Gasteiger partial charge >= 0.3 is 5.97 Å². The van der Waals surface area contributed by atoms with Crippen molar-refractivity contribution in [1.29, 1.82) is 0 Å². The number of nitrogens with zero attached hydrogens (tertiary/aromatic N) is 2. The van der Waals surface area contributed by atoms with Crippen LogP contribution in [0.15, 0.2) is 77.4 Å². The summed E-state index contributed by atoms with van der Waals surface area (Å²) in [4.78, 5) is 26.8. The van der Waals surface area contributed by atoms with E-state index < -0.39 is 10.9 Å². The number of methoxy groups -OCH3 is 1. The van der Waals surface area contributed by atoms with Crippen molar-refractivity contribution in [2.24, 2.45) is 4.99 Å². The van der Waals surface area contributed by atoms with Crippen LogP contribution in [0.2, 0.25) is 5.02 Å². The van der Waals surface area contributed by atoms with Crippen LogP contribution in [-0.4, -0.2) is 23.9 Å². The van der Waals surface area contributed by atoms with Gasteiger partial charge in [-0.2, -0.15) is 0 Å². The first-order valence-electron chi connectivity index (χ1n) is 9.76. The third-order valence-corrected chi connectivity index (χ3v) is 5.01. The number of rotatable bonds is 7. The molecule has 4 rings (SSSR count). The predicted octanol–water partition coefficient (Wildman–Crippen LogP) is 5.18. The van der Waals surface area contributed by atoms with Gasteiger partial charge in [0.1, 0.15) is 6.61 Å². The first-order valence-corrected chi connectivity index (χ1v) is 10.1. The minimum Gasteiger partial charge on any atom is -0.493 e. The lowest BCUT2D eigenvalue weighted by atomic mass is 10.1. The molecule has 1 aliphatic heterocycles. The van der Waals surface area contributed by atoms with E-state index in [0.717, 1.165) is 5.56 Å². The number of non-ortho nitro benzene ring substituents is 1. The van der Waals surface area contributed by atoms with Gasteiger partial charge in [-0.05, 0) is 41.5 Å². The van der Waals surface area contributed by atoms with Crippen LogP contribution in [0.25, 0.3) is 6.08 Å². The van der Waals surface area contributed by atoms with Gasteiger partial charge in [-0.25, -0.2) is 9.79 Å². The summed E-state index contributed by atoms with van der Waals surface area (Å²) in [5, 5.41) is 11.1. The molecule has 3 aromatic carbocycles. The molecule has 0 aromatic heterocycles. The van der Waals surface area contributed by atoms with E-state index in [1.807, 2.05) is 30.3 Å². The summed E-state index contributed by atoms with van der Waals surface area (Å²) in [7, 11) is 1.49. The Labute approximate surface area is 193 Å². The Morgan fingerprint density at radius 3 is 2.52 bits per heavy atom. The maximum atomic E-state index is 12.3. The number of hydrogen-bond acceptors (Lipinski definition) is 7. The fraction of sp³-hybridized carbons (Fsp3) is 0.0833. The number of halogens is 1. The molecule has 0 radical (unpaired) electrons. The topological polar surface area (TPSA) is 100 Å². The molecule has 0 unspecified atom stereocenters. The van der Waals surface area contributed by atoms with Gasteiger partial charge in [-0.3, -0.25) is 10.1 Å². The van der Waals surface area contributed by atoms with E-state index in [9.17, 15) is 14.9 Å². The van der Waals surface area contributed by atoms with E-state index in [2.05, 4.69) is 4.99 Å². The van der Waals surface area contributed by atoms with Crippen molar-refractivity contribution in [3.8, 4) is 11.5 Å². The van der Waals surface area contributed by atoms with Crippen LogP contribution in [0.5, 0.6) is 11.5 Å². The number of benzene rings is 3. The molecular formula is C24H17ClN2O6. The molecule has 9 heteroatoms. The quantitative estimate of drug-likeness (QED) is 0.207. The highest BCUT2D eigenvalue weighted by molar-refractivity contribution is 6.32. The van der Waals surface area contributed by atoms with Gasteiger partial charge in [0.05, 0.1) is 17.1 Å². The summed E-state index contributed by atoms with van der Waals surface area (Å²) in [5.41, 5.74) is 1.96. The largest absolute Gasteiger partial charge is 0.493 e. The molecule has 166 valence electrons. The lowest BCUT2D eigenvalue weighted by molar-refractivity contribution is -0.384. The van der Waals surface area contributed by atoms with Crippen molar-refractivity contribution < 1.29 is 23.9 Å². The Morgan fingerprint density at radius 1 is 1.12 bits per heavy atom. The van der Waals surface area contributed by atoms with Gasteiger partial charge in [0.15, 0.2) is 17.2 Å². The van der Waals surface area contributed by atoms with Crippen molar-refractivity contribution in [3.05, 3.63) is 104 Å². The average Bonchev–Trinajstić information content (AvgIpc) is 3.18. The number of hydrogen-bond donors (Lipinski definition) is 0. The molecule has 3 aromatic rings. The highest BCUT2D eigenvalue weighted by atomic mass is 35.5. The standard InChI is InChI=1S/C24H17ClN2O6/c1-31-21-13-16(11-19(25)22(21)32-14-15-5-3-2-4-6-15)12-20-24(28)33-23(26-20)17-7-9-18(10-8-17)27(29)30/h2-13H,14H2,1H3/b20-12-. The molecule has 0 bridgehead atoms. The summed E-state index contributed by atoms with van der Waals surface area (Å²) < 4.78 is 16.5. The molecule has 0 spiro atoms. The third kappa shape index (κ3) is 5.02. The number of nitro groups is 1. The third-order valence-electron chi connectivity index (χ3n) is 4.73. The Hall–Kier alpha value is -4.17. The second kappa shape index (κ2) is 9.54. The zero-order valence-electron chi connectivity index (χ0n) is 17.4. The molecular weight excluding hydrogens is 448 g/mol. The van der Waals surface area contributed by atoms with Crippen LogP contribution in [0, 0.1) is 10.1 Å². The molecule has 8 nitrogen and oxygen atoms in total. The second-order valence-corrected chi connectivity index (χ2v) is 7.36. The Balaban J connectivity index is 1.58. The monoisotopic (exact) mass is 464 g/mol. The maximum Gasteiger partial charge on any atom is 0.363 e. The fourth-order valence-corrected chi connectivity index (χ4v) is 3.38. The first-order chi connectivity index (χ1) is 15.9. The van der Waals surface area contributed by atoms with Crippen molar-refractivity contribution in [2.75, 3.05) is 7.11 Å². The summed E-state index contributed by atoms with van der Waals surface area (Å²) in [6, 6.07) is 18.5. The number of aliphatic imine (C=N–C) groups is 1. The zero-order valence-corrected chi connectivity index (χ0v) is 18.1. The lowest BCUT2D eigenvalue weighted by Gasteiger charge is -2.13. The van der Waals surface area contributed by atoms with Gasteiger partial charge < -0.3 is 14.2 Å². The molecule has 0 N–H and O–H groups in total. The van der Waals surface area contributed by atoms with Crippen LogP contribution >= 0.6 is 11.6 Å². The maximum absolute atomic E-state index is 12.3. The number of carbonyl (C=O) groups excluding carboxylic acids is 1. The minimum atomic E-state index is -0.650. The number of ether oxygens (including phenoxy) is 3. The molecule has 0 saturated carbocycles. The molecule has 0 amide bonds. The predicted molar refractivity (Wildman–Crippen MR) is 122 cm³/mol. The van der Waals surface area contributed by atoms with E-state index in [0.29, 0.717) is 34.3 Å².